The number of carbonyl (C=O) groups excluding carboxylic acids is 1. The van der Waals surface area contributed by atoms with Gasteiger partial charge in [0.1, 0.15) is 13.7 Å². The van der Waals surface area contributed by atoms with Crippen LogP contribution in [0.1, 0.15) is 50.9 Å². The van der Waals surface area contributed by atoms with Crippen LogP contribution < -0.4 is 22.0 Å². The fraction of sp³-hybridized carbons (Fsp3) is 0.688. The van der Waals surface area contributed by atoms with E-state index in [1.165, 1.54) is 0 Å². The highest BCUT2D eigenvalue weighted by Gasteiger charge is 2.39. The van der Waals surface area contributed by atoms with Gasteiger partial charge in [0.15, 0.2) is 0 Å². The molecule has 1 heterocycles. The molecule has 3 atom stereocenters. The highest BCUT2D eigenvalue weighted by atomic mass is 16.3. The predicted molar refractivity (Wildman–Crippen MR) is 105 cm³/mol. The molecule has 3 unspecified atom stereocenters. The molecule has 7 nitrogen and oxygen atoms in total. The standard InChI is InChI=1S/C16H24B3N5O2/c1-7-6-16(18,19)9(5-8(7)25)21-13-10(12(20)26)11(17)22-14(23-13)24-15(2,3)4/h7-9,25H,5-6H2,1-4H3,(H2,20,26)(H2,21,22,23,24). The number of hydrogen-bond donors (Lipinski definition) is 4. The summed E-state index contributed by atoms with van der Waals surface area (Å²) in [5.41, 5.74) is 5.04. The number of aliphatic hydroxyl groups is 1. The number of nitrogens with zero attached hydrogens (tertiary/aromatic N) is 2. The van der Waals surface area contributed by atoms with Crippen LogP contribution in [0.3, 0.4) is 0 Å². The molecule has 26 heavy (non-hydrogen) atoms. The monoisotopic (exact) mass is 351 g/mol. The Hall–Kier alpha value is -1.70. The fourth-order valence-electron chi connectivity index (χ4n) is 3.10. The maximum atomic E-state index is 11.8. The van der Waals surface area contributed by atoms with Crippen molar-refractivity contribution >= 4 is 46.8 Å². The fourth-order valence-corrected chi connectivity index (χ4v) is 3.10. The average molecular weight is 351 g/mol. The third-order valence-corrected chi connectivity index (χ3v) is 4.44. The van der Waals surface area contributed by atoms with Crippen molar-refractivity contribution in [3.63, 3.8) is 0 Å². The van der Waals surface area contributed by atoms with E-state index in [2.05, 4.69) is 20.6 Å². The van der Waals surface area contributed by atoms with Gasteiger partial charge in [-0.25, -0.2) is 4.98 Å². The summed E-state index contributed by atoms with van der Waals surface area (Å²) in [6.07, 6.45) is 0.139. The predicted octanol–water partition coefficient (Wildman–Crippen LogP) is -0.396. The van der Waals surface area contributed by atoms with Gasteiger partial charge in [-0.15, -0.1) is 0 Å². The Labute approximate surface area is 158 Å². The van der Waals surface area contributed by atoms with Gasteiger partial charge in [0.05, 0.1) is 27.4 Å². The van der Waals surface area contributed by atoms with Gasteiger partial charge in [-0.3, -0.25) is 4.79 Å². The van der Waals surface area contributed by atoms with E-state index in [-0.39, 0.29) is 34.4 Å². The number of amides is 1. The summed E-state index contributed by atoms with van der Waals surface area (Å²) in [6.45, 7) is 7.69. The summed E-state index contributed by atoms with van der Waals surface area (Å²) in [6, 6.07) is -0.524. The number of nitrogens with two attached hydrogens (primary N) is 1. The van der Waals surface area contributed by atoms with Gasteiger partial charge in [-0.2, -0.15) is 4.98 Å². The number of rotatable bonds is 4. The summed E-state index contributed by atoms with van der Waals surface area (Å²) in [7, 11) is 18.4. The number of nitrogens with one attached hydrogen (secondary N) is 2. The SMILES string of the molecule is [B]c1nc(NC(C)(C)C)nc(NC2CC(O)C(C)CC2([B])[B])c1C(N)=O. The van der Waals surface area contributed by atoms with Crippen LogP contribution in [0.2, 0.25) is 5.21 Å². The first-order valence-electron chi connectivity index (χ1n) is 8.58. The van der Waals surface area contributed by atoms with E-state index in [4.69, 9.17) is 29.3 Å². The Kier molecular flexibility index (Phi) is 5.66. The molecule has 0 saturated heterocycles. The maximum Gasteiger partial charge on any atom is 0.253 e. The first-order valence-corrected chi connectivity index (χ1v) is 8.58. The van der Waals surface area contributed by atoms with Crippen molar-refractivity contribution in [2.24, 2.45) is 11.7 Å². The van der Waals surface area contributed by atoms with E-state index >= 15 is 0 Å². The van der Waals surface area contributed by atoms with Gasteiger partial charge in [-0.05, 0) is 33.1 Å². The van der Waals surface area contributed by atoms with Crippen LogP contribution in [0.5, 0.6) is 0 Å². The topological polar surface area (TPSA) is 113 Å². The molecule has 5 N–H and O–H groups in total. The van der Waals surface area contributed by atoms with Gasteiger partial charge in [0.25, 0.3) is 5.91 Å². The molecular weight excluding hydrogens is 327 g/mol. The molecular formula is C16H24B3N5O2. The van der Waals surface area contributed by atoms with Crippen LogP contribution in [0.15, 0.2) is 0 Å². The van der Waals surface area contributed by atoms with Crippen LogP contribution in [0.4, 0.5) is 11.8 Å². The van der Waals surface area contributed by atoms with Gasteiger partial charge in [0, 0.05) is 17.2 Å². The number of aliphatic hydroxyl groups excluding tert-OH is 1. The minimum absolute atomic E-state index is 0.0339. The summed E-state index contributed by atoms with van der Waals surface area (Å²) in [5, 5.41) is 15.2. The molecule has 0 bridgehead atoms. The van der Waals surface area contributed by atoms with Crippen LogP contribution in [0, 0.1) is 5.92 Å². The minimum Gasteiger partial charge on any atom is -0.393 e. The molecule has 1 aromatic rings. The molecule has 2 rings (SSSR count). The zero-order chi connectivity index (χ0) is 19.9. The highest BCUT2D eigenvalue weighted by Crippen LogP contribution is 2.41. The van der Waals surface area contributed by atoms with Crippen LogP contribution in [-0.2, 0) is 0 Å². The second kappa shape index (κ2) is 7.14. The second-order valence-electron chi connectivity index (χ2n) is 8.19. The van der Waals surface area contributed by atoms with E-state index < -0.39 is 23.3 Å². The first kappa shape index (κ1) is 20.6. The lowest BCUT2D eigenvalue weighted by atomic mass is 9.44. The first-order chi connectivity index (χ1) is 11.8. The lowest BCUT2D eigenvalue weighted by molar-refractivity contribution is 0.0686. The molecule has 10 heteroatoms. The zero-order valence-corrected chi connectivity index (χ0v) is 15.7. The Balaban J connectivity index is 2.41. The second-order valence-corrected chi connectivity index (χ2v) is 8.19. The van der Waals surface area contributed by atoms with Gasteiger partial charge >= 0.3 is 0 Å². The molecule has 0 aliphatic heterocycles. The lowest BCUT2D eigenvalue weighted by Crippen LogP contribution is -2.47. The largest absolute Gasteiger partial charge is 0.393 e. The average Bonchev–Trinajstić information content (AvgIpc) is 2.41. The molecule has 1 aromatic heterocycles. The van der Waals surface area contributed by atoms with E-state index in [1.54, 1.807) is 0 Å². The summed E-state index contributed by atoms with van der Waals surface area (Å²) >= 11 is 0. The van der Waals surface area contributed by atoms with E-state index in [1.807, 2.05) is 27.7 Å². The normalized spacial score (nSPS) is 25.5. The summed E-state index contributed by atoms with van der Waals surface area (Å²) in [4.78, 5) is 20.3. The third kappa shape index (κ3) is 4.72. The number of primary amides is 1. The lowest BCUT2D eigenvalue weighted by Gasteiger charge is -2.45. The molecule has 1 saturated carbocycles. The Morgan fingerprint density at radius 3 is 2.50 bits per heavy atom. The van der Waals surface area contributed by atoms with Crippen LogP contribution in [0.25, 0.3) is 0 Å². The van der Waals surface area contributed by atoms with Crippen LogP contribution >= 0.6 is 0 Å². The van der Waals surface area contributed by atoms with Crippen LogP contribution in [-0.4, -0.2) is 62.2 Å². The molecule has 0 spiro atoms. The van der Waals surface area contributed by atoms with Crippen molar-refractivity contribution in [2.75, 3.05) is 10.6 Å². The molecule has 6 radical (unpaired) electrons. The third-order valence-electron chi connectivity index (χ3n) is 4.44. The van der Waals surface area contributed by atoms with Crippen molar-refractivity contribution in [1.82, 2.24) is 9.97 Å². The number of carbonyl (C=O) groups is 1. The Morgan fingerprint density at radius 2 is 1.96 bits per heavy atom. The quantitative estimate of drug-likeness (QED) is 0.550. The number of anilines is 2. The molecule has 1 aliphatic rings. The number of aromatic nitrogens is 2. The smallest absolute Gasteiger partial charge is 0.253 e. The van der Waals surface area contributed by atoms with Crippen molar-refractivity contribution < 1.29 is 9.90 Å². The highest BCUT2D eigenvalue weighted by molar-refractivity contribution is 6.40. The minimum atomic E-state index is -1.09. The maximum absolute atomic E-state index is 11.8. The van der Waals surface area contributed by atoms with E-state index in [9.17, 15) is 9.90 Å². The van der Waals surface area contributed by atoms with Crippen molar-refractivity contribution in [1.29, 1.82) is 0 Å². The molecule has 1 fully saturated rings. The summed E-state index contributed by atoms with van der Waals surface area (Å²) in [5.74, 6) is -0.417. The Morgan fingerprint density at radius 1 is 1.35 bits per heavy atom. The van der Waals surface area contributed by atoms with Gasteiger partial charge < -0.3 is 21.5 Å². The Bertz CT molecular complexity index is 693. The molecule has 1 amide bonds. The number of hydrogen-bond acceptors (Lipinski definition) is 6. The zero-order valence-electron chi connectivity index (χ0n) is 15.7. The van der Waals surface area contributed by atoms with Crippen molar-refractivity contribution in [2.45, 2.75) is 63.4 Å². The summed E-state index contributed by atoms with van der Waals surface area (Å²) < 4.78 is 0. The van der Waals surface area contributed by atoms with E-state index in [0.29, 0.717) is 12.8 Å². The van der Waals surface area contributed by atoms with Gasteiger partial charge in [0.2, 0.25) is 5.95 Å². The van der Waals surface area contributed by atoms with Crippen molar-refractivity contribution in [3.05, 3.63) is 5.56 Å². The molecule has 134 valence electrons. The molecule has 1 aliphatic carbocycles. The van der Waals surface area contributed by atoms with E-state index in [0.717, 1.165) is 0 Å². The molecule has 0 aromatic carbocycles. The van der Waals surface area contributed by atoms with Crippen molar-refractivity contribution in [3.8, 4) is 0 Å². The van der Waals surface area contributed by atoms with Gasteiger partial charge in [-0.1, -0.05) is 18.6 Å².